The summed E-state index contributed by atoms with van der Waals surface area (Å²) < 4.78 is 19.2. The van der Waals surface area contributed by atoms with Gasteiger partial charge in [0.05, 0.1) is 5.56 Å². The third kappa shape index (κ3) is 3.11. The van der Waals surface area contributed by atoms with Crippen LogP contribution in [-0.2, 0) is 4.74 Å². The zero-order chi connectivity index (χ0) is 18.8. The van der Waals surface area contributed by atoms with Gasteiger partial charge in [-0.25, -0.2) is 14.2 Å². The number of halogens is 1. The number of pyridine rings is 1. The maximum atomic E-state index is 13.8. The second kappa shape index (κ2) is 6.89. The number of ether oxygens (including phenoxy) is 1. The molecule has 0 saturated carbocycles. The quantitative estimate of drug-likeness (QED) is 0.749. The molecule has 0 aliphatic heterocycles. The number of hydrogen-bond acceptors (Lipinski definition) is 4. The predicted molar refractivity (Wildman–Crippen MR) is 97.6 cm³/mol. The molecular weight excluding hydrogens is 345 g/mol. The fourth-order valence-electron chi connectivity index (χ4n) is 3.32. The average Bonchev–Trinajstić information content (AvgIpc) is 3.02. The van der Waals surface area contributed by atoms with Crippen LogP contribution >= 0.6 is 0 Å². The molecule has 1 aromatic heterocycles. The number of aromatic nitrogens is 1. The SMILES string of the molecule is N#Cc1cnc(NC(=O)OCC2c3ccccc3-c3ccccc32)c(F)c1. The standard InChI is InChI=1S/C21H14FN3O2/c22-19-9-13(10-23)11-24-20(19)25-21(26)27-12-18-16-7-3-1-5-14(16)15-6-2-4-8-17(15)18/h1-9,11,18H,12H2,(H,24,25,26). The summed E-state index contributed by atoms with van der Waals surface area (Å²) in [4.78, 5) is 15.8. The van der Waals surface area contributed by atoms with Gasteiger partial charge in [-0.3, -0.25) is 5.32 Å². The second-order valence-corrected chi connectivity index (χ2v) is 6.12. The van der Waals surface area contributed by atoms with Crippen molar-refractivity contribution < 1.29 is 13.9 Å². The first-order valence-electron chi connectivity index (χ1n) is 8.35. The lowest BCUT2D eigenvalue weighted by Crippen LogP contribution is -2.19. The second-order valence-electron chi connectivity index (χ2n) is 6.12. The lowest BCUT2D eigenvalue weighted by Gasteiger charge is -2.14. The zero-order valence-corrected chi connectivity index (χ0v) is 14.1. The number of carbonyl (C=O) groups excluding carboxylic acids is 1. The Bertz CT molecular complexity index is 1030. The molecule has 1 amide bonds. The van der Waals surface area contributed by atoms with E-state index in [-0.39, 0.29) is 23.9 Å². The molecule has 1 aliphatic carbocycles. The van der Waals surface area contributed by atoms with Crippen molar-refractivity contribution in [1.29, 1.82) is 5.26 Å². The van der Waals surface area contributed by atoms with Gasteiger partial charge in [0.15, 0.2) is 11.6 Å². The van der Waals surface area contributed by atoms with Gasteiger partial charge in [-0.05, 0) is 28.3 Å². The Kier molecular flexibility index (Phi) is 4.27. The number of fused-ring (bicyclic) bond motifs is 3. The van der Waals surface area contributed by atoms with E-state index >= 15 is 0 Å². The average molecular weight is 359 g/mol. The third-order valence-corrected chi connectivity index (χ3v) is 4.53. The molecule has 4 rings (SSSR count). The van der Waals surface area contributed by atoms with Gasteiger partial charge in [-0.15, -0.1) is 0 Å². The lowest BCUT2D eigenvalue weighted by molar-refractivity contribution is 0.158. The van der Waals surface area contributed by atoms with Crippen molar-refractivity contribution in [3.05, 3.63) is 83.3 Å². The summed E-state index contributed by atoms with van der Waals surface area (Å²) in [5.74, 6) is -1.14. The molecule has 0 bridgehead atoms. The van der Waals surface area contributed by atoms with E-state index in [1.807, 2.05) is 48.5 Å². The van der Waals surface area contributed by atoms with Crippen molar-refractivity contribution in [3.8, 4) is 17.2 Å². The van der Waals surface area contributed by atoms with E-state index in [9.17, 15) is 9.18 Å². The molecule has 1 aliphatic rings. The number of nitrogens with zero attached hydrogens (tertiary/aromatic N) is 2. The van der Waals surface area contributed by atoms with Crippen LogP contribution in [0.25, 0.3) is 11.1 Å². The van der Waals surface area contributed by atoms with Crippen LogP contribution in [0.3, 0.4) is 0 Å². The van der Waals surface area contributed by atoms with E-state index in [1.54, 1.807) is 6.07 Å². The molecule has 0 saturated heterocycles. The van der Waals surface area contributed by atoms with Crippen LogP contribution in [0, 0.1) is 17.1 Å². The minimum atomic E-state index is -0.798. The van der Waals surface area contributed by atoms with E-state index in [2.05, 4.69) is 10.3 Å². The largest absolute Gasteiger partial charge is 0.448 e. The summed E-state index contributed by atoms with van der Waals surface area (Å²) >= 11 is 0. The van der Waals surface area contributed by atoms with Gasteiger partial charge in [0.2, 0.25) is 0 Å². The summed E-state index contributed by atoms with van der Waals surface area (Å²) in [5.41, 5.74) is 4.51. The zero-order valence-electron chi connectivity index (χ0n) is 14.1. The van der Waals surface area contributed by atoms with Gasteiger partial charge in [0, 0.05) is 12.1 Å². The Labute approximate surface area is 155 Å². The number of carbonyl (C=O) groups is 1. The van der Waals surface area contributed by atoms with Crippen molar-refractivity contribution in [2.45, 2.75) is 5.92 Å². The minimum absolute atomic E-state index is 0.0746. The van der Waals surface area contributed by atoms with Crippen molar-refractivity contribution in [2.75, 3.05) is 11.9 Å². The van der Waals surface area contributed by atoms with Gasteiger partial charge in [-0.2, -0.15) is 5.26 Å². The monoisotopic (exact) mass is 359 g/mol. The summed E-state index contributed by atoms with van der Waals surface area (Å²) in [6.45, 7) is 0.123. The Balaban J connectivity index is 1.49. The van der Waals surface area contributed by atoms with Crippen molar-refractivity contribution in [3.63, 3.8) is 0 Å². The van der Waals surface area contributed by atoms with Crippen molar-refractivity contribution in [2.24, 2.45) is 0 Å². The van der Waals surface area contributed by atoms with E-state index < -0.39 is 11.9 Å². The number of rotatable bonds is 3. The number of benzene rings is 2. The van der Waals surface area contributed by atoms with Crippen molar-refractivity contribution in [1.82, 2.24) is 4.98 Å². The van der Waals surface area contributed by atoms with E-state index in [0.717, 1.165) is 28.3 Å². The molecule has 1 N–H and O–H groups in total. The molecule has 1 heterocycles. The number of hydrogen-bond donors (Lipinski definition) is 1. The van der Waals surface area contributed by atoms with Gasteiger partial charge in [0.1, 0.15) is 12.7 Å². The Hall–Kier alpha value is -3.72. The minimum Gasteiger partial charge on any atom is -0.448 e. The van der Waals surface area contributed by atoms with E-state index in [1.165, 1.54) is 6.20 Å². The molecule has 27 heavy (non-hydrogen) atoms. The van der Waals surface area contributed by atoms with Crippen molar-refractivity contribution >= 4 is 11.9 Å². The Morgan fingerprint density at radius 2 is 1.78 bits per heavy atom. The molecule has 2 aromatic carbocycles. The molecular formula is C21H14FN3O2. The predicted octanol–water partition coefficient (Wildman–Crippen LogP) is 4.45. The highest BCUT2D eigenvalue weighted by molar-refractivity contribution is 5.84. The molecule has 0 fully saturated rings. The third-order valence-electron chi connectivity index (χ3n) is 4.53. The summed E-state index contributed by atoms with van der Waals surface area (Å²) in [5, 5.41) is 11.0. The van der Waals surface area contributed by atoms with Crippen LogP contribution in [0.15, 0.2) is 60.8 Å². The molecule has 3 aromatic rings. The lowest BCUT2D eigenvalue weighted by atomic mass is 9.98. The maximum absolute atomic E-state index is 13.8. The van der Waals surface area contributed by atoms with Gasteiger partial charge in [0.25, 0.3) is 0 Å². The Morgan fingerprint density at radius 3 is 2.37 bits per heavy atom. The van der Waals surface area contributed by atoms with Crippen LogP contribution in [0.2, 0.25) is 0 Å². The molecule has 0 atom stereocenters. The van der Waals surface area contributed by atoms with Crippen LogP contribution in [0.4, 0.5) is 15.0 Å². The number of anilines is 1. The first kappa shape index (κ1) is 16.7. The molecule has 6 heteroatoms. The number of nitrogens with one attached hydrogen (secondary N) is 1. The molecule has 132 valence electrons. The molecule has 5 nitrogen and oxygen atoms in total. The van der Waals surface area contributed by atoms with Crippen LogP contribution in [0.1, 0.15) is 22.6 Å². The smallest absolute Gasteiger partial charge is 0.412 e. The normalized spacial score (nSPS) is 12.0. The fourth-order valence-corrected chi connectivity index (χ4v) is 3.32. The highest BCUT2D eigenvalue weighted by Gasteiger charge is 2.29. The first-order valence-corrected chi connectivity index (χ1v) is 8.35. The summed E-state index contributed by atoms with van der Waals surface area (Å²) in [7, 11) is 0. The summed E-state index contributed by atoms with van der Waals surface area (Å²) in [6, 6.07) is 18.8. The van der Waals surface area contributed by atoms with Gasteiger partial charge in [-0.1, -0.05) is 48.5 Å². The van der Waals surface area contributed by atoms with E-state index in [0.29, 0.717) is 0 Å². The first-order chi connectivity index (χ1) is 13.2. The Morgan fingerprint density at radius 1 is 1.15 bits per heavy atom. The summed E-state index contributed by atoms with van der Waals surface area (Å²) in [6.07, 6.45) is 0.385. The topological polar surface area (TPSA) is 75.0 Å². The van der Waals surface area contributed by atoms with Gasteiger partial charge < -0.3 is 4.74 Å². The fraction of sp³-hybridized carbons (Fsp3) is 0.0952. The van der Waals surface area contributed by atoms with Crippen LogP contribution in [-0.4, -0.2) is 17.7 Å². The van der Waals surface area contributed by atoms with Crippen LogP contribution in [0.5, 0.6) is 0 Å². The highest BCUT2D eigenvalue weighted by atomic mass is 19.1. The molecule has 0 radical (unpaired) electrons. The number of nitriles is 1. The molecule has 0 unspecified atom stereocenters. The van der Waals surface area contributed by atoms with Crippen LogP contribution < -0.4 is 5.32 Å². The maximum Gasteiger partial charge on any atom is 0.412 e. The number of amides is 1. The highest BCUT2D eigenvalue weighted by Crippen LogP contribution is 2.44. The van der Waals surface area contributed by atoms with E-state index in [4.69, 9.17) is 10.00 Å². The molecule has 0 spiro atoms. The van der Waals surface area contributed by atoms with Gasteiger partial charge >= 0.3 is 6.09 Å².